The Kier molecular flexibility index (Phi) is 4.39. The van der Waals surface area contributed by atoms with Crippen LogP contribution in [-0.2, 0) is 13.0 Å². The van der Waals surface area contributed by atoms with Crippen LogP contribution in [-0.4, -0.2) is 14.9 Å². The van der Waals surface area contributed by atoms with E-state index in [0.29, 0.717) is 5.92 Å². The van der Waals surface area contributed by atoms with E-state index in [1.807, 2.05) is 17.1 Å². The SMILES string of the molecule is CCCn1cc(C(O)CC2CCCc3ccccc32)cn1. The second-order valence-electron chi connectivity index (χ2n) is 6.08. The first kappa shape index (κ1) is 14.3. The van der Waals surface area contributed by atoms with Gasteiger partial charge >= 0.3 is 0 Å². The maximum atomic E-state index is 10.5. The number of nitrogens with zero attached hydrogens (tertiary/aromatic N) is 2. The molecule has 1 aliphatic rings. The molecule has 0 saturated carbocycles. The fourth-order valence-corrected chi connectivity index (χ4v) is 3.41. The number of hydrogen-bond donors (Lipinski definition) is 1. The van der Waals surface area contributed by atoms with E-state index in [2.05, 4.69) is 36.3 Å². The third-order valence-electron chi connectivity index (χ3n) is 4.49. The van der Waals surface area contributed by atoms with Crippen LogP contribution in [0.5, 0.6) is 0 Å². The number of fused-ring (bicyclic) bond motifs is 1. The molecule has 1 aliphatic carbocycles. The maximum Gasteiger partial charge on any atom is 0.0826 e. The van der Waals surface area contributed by atoms with Crippen molar-refractivity contribution in [1.82, 2.24) is 9.78 Å². The minimum Gasteiger partial charge on any atom is -0.388 e. The quantitative estimate of drug-likeness (QED) is 0.906. The lowest BCUT2D eigenvalue weighted by molar-refractivity contribution is 0.154. The highest BCUT2D eigenvalue weighted by Gasteiger charge is 2.23. The van der Waals surface area contributed by atoms with Gasteiger partial charge in [0.05, 0.1) is 12.3 Å². The molecule has 3 heteroatoms. The summed E-state index contributed by atoms with van der Waals surface area (Å²) in [6.45, 7) is 3.05. The Morgan fingerprint density at radius 2 is 2.24 bits per heavy atom. The molecule has 0 amide bonds. The average Bonchev–Trinajstić information content (AvgIpc) is 2.97. The van der Waals surface area contributed by atoms with Gasteiger partial charge in [0.25, 0.3) is 0 Å². The van der Waals surface area contributed by atoms with E-state index in [4.69, 9.17) is 0 Å². The summed E-state index contributed by atoms with van der Waals surface area (Å²) in [5, 5.41) is 14.8. The molecule has 1 heterocycles. The van der Waals surface area contributed by atoms with Gasteiger partial charge in [-0.2, -0.15) is 5.10 Å². The van der Waals surface area contributed by atoms with Crippen LogP contribution in [0.3, 0.4) is 0 Å². The van der Waals surface area contributed by atoms with Crippen LogP contribution in [0.2, 0.25) is 0 Å². The summed E-state index contributed by atoms with van der Waals surface area (Å²) in [4.78, 5) is 0. The summed E-state index contributed by atoms with van der Waals surface area (Å²) in [5.41, 5.74) is 3.85. The summed E-state index contributed by atoms with van der Waals surface area (Å²) >= 11 is 0. The molecule has 2 aromatic rings. The fraction of sp³-hybridized carbons (Fsp3) is 0.500. The normalized spacial score (nSPS) is 19.2. The van der Waals surface area contributed by atoms with Gasteiger partial charge in [-0.25, -0.2) is 0 Å². The topological polar surface area (TPSA) is 38.0 Å². The lowest BCUT2D eigenvalue weighted by Crippen LogP contribution is -2.13. The van der Waals surface area contributed by atoms with Crippen molar-refractivity contribution in [2.75, 3.05) is 0 Å². The Labute approximate surface area is 126 Å². The first-order valence-electron chi connectivity index (χ1n) is 8.06. The van der Waals surface area contributed by atoms with Crippen LogP contribution >= 0.6 is 0 Å². The maximum absolute atomic E-state index is 10.5. The summed E-state index contributed by atoms with van der Waals surface area (Å²) in [7, 11) is 0. The third kappa shape index (κ3) is 3.18. The number of aliphatic hydroxyl groups is 1. The molecule has 112 valence electrons. The second kappa shape index (κ2) is 6.44. The largest absolute Gasteiger partial charge is 0.388 e. The van der Waals surface area contributed by atoms with E-state index in [1.165, 1.54) is 30.4 Å². The third-order valence-corrected chi connectivity index (χ3v) is 4.49. The highest BCUT2D eigenvalue weighted by molar-refractivity contribution is 5.33. The van der Waals surface area contributed by atoms with E-state index in [-0.39, 0.29) is 0 Å². The summed E-state index contributed by atoms with van der Waals surface area (Å²) in [5.74, 6) is 0.472. The summed E-state index contributed by atoms with van der Waals surface area (Å²) in [6, 6.07) is 8.69. The predicted molar refractivity (Wildman–Crippen MR) is 84.2 cm³/mol. The zero-order valence-corrected chi connectivity index (χ0v) is 12.7. The number of hydrogen-bond acceptors (Lipinski definition) is 2. The highest BCUT2D eigenvalue weighted by Crippen LogP contribution is 2.37. The fourth-order valence-electron chi connectivity index (χ4n) is 3.41. The van der Waals surface area contributed by atoms with Gasteiger partial charge in [0.15, 0.2) is 0 Å². The van der Waals surface area contributed by atoms with Crippen molar-refractivity contribution in [3.8, 4) is 0 Å². The lowest BCUT2D eigenvalue weighted by Gasteiger charge is -2.27. The van der Waals surface area contributed by atoms with Gasteiger partial charge in [0, 0.05) is 18.3 Å². The van der Waals surface area contributed by atoms with Crippen LogP contribution in [0.25, 0.3) is 0 Å². The minimum absolute atomic E-state index is 0.410. The number of benzene rings is 1. The number of aliphatic hydroxyl groups excluding tert-OH is 1. The van der Waals surface area contributed by atoms with Crippen LogP contribution in [0.4, 0.5) is 0 Å². The molecule has 21 heavy (non-hydrogen) atoms. The zero-order chi connectivity index (χ0) is 14.7. The lowest BCUT2D eigenvalue weighted by atomic mass is 9.79. The van der Waals surface area contributed by atoms with E-state index in [9.17, 15) is 5.11 Å². The molecule has 3 rings (SSSR count). The average molecular weight is 284 g/mol. The molecule has 1 aromatic heterocycles. The monoisotopic (exact) mass is 284 g/mol. The molecule has 0 bridgehead atoms. The standard InChI is InChI=1S/C18H24N2O/c1-2-10-20-13-16(12-19-20)18(21)11-15-8-5-7-14-6-3-4-9-17(14)15/h3-4,6,9,12-13,15,18,21H,2,5,7-8,10-11H2,1H3. The molecule has 2 atom stereocenters. The molecule has 3 nitrogen and oxygen atoms in total. The Morgan fingerprint density at radius 1 is 1.38 bits per heavy atom. The molecule has 0 radical (unpaired) electrons. The minimum atomic E-state index is -0.410. The molecule has 0 aliphatic heterocycles. The Balaban J connectivity index is 1.71. The van der Waals surface area contributed by atoms with Crippen molar-refractivity contribution < 1.29 is 5.11 Å². The predicted octanol–water partition coefficient (Wildman–Crippen LogP) is 3.84. The molecule has 0 saturated heterocycles. The van der Waals surface area contributed by atoms with Crippen molar-refractivity contribution in [2.45, 2.75) is 57.6 Å². The Bertz CT molecular complexity index is 590. The number of rotatable bonds is 5. The molecule has 2 unspecified atom stereocenters. The van der Waals surface area contributed by atoms with E-state index in [0.717, 1.165) is 24.9 Å². The van der Waals surface area contributed by atoms with Gasteiger partial charge < -0.3 is 5.11 Å². The molecular weight excluding hydrogens is 260 g/mol. The van der Waals surface area contributed by atoms with Crippen molar-refractivity contribution in [3.63, 3.8) is 0 Å². The van der Waals surface area contributed by atoms with Gasteiger partial charge in [0.2, 0.25) is 0 Å². The zero-order valence-electron chi connectivity index (χ0n) is 12.7. The Hall–Kier alpha value is -1.61. The first-order valence-corrected chi connectivity index (χ1v) is 8.06. The molecular formula is C18H24N2O. The van der Waals surface area contributed by atoms with Gasteiger partial charge in [0.1, 0.15) is 0 Å². The van der Waals surface area contributed by atoms with Gasteiger partial charge in [-0.15, -0.1) is 0 Å². The van der Waals surface area contributed by atoms with Crippen LogP contribution in [0.1, 0.15) is 61.3 Å². The number of aryl methyl sites for hydroxylation is 2. The van der Waals surface area contributed by atoms with Crippen LogP contribution < -0.4 is 0 Å². The second-order valence-corrected chi connectivity index (χ2v) is 6.08. The van der Waals surface area contributed by atoms with Crippen LogP contribution in [0, 0.1) is 0 Å². The number of aromatic nitrogens is 2. The first-order chi connectivity index (χ1) is 10.3. The highest BCUT2D eigenvalue weighted by atomic mass is 16.3. The molecule has 1 N–H and O–H groups in total. The Morgan fingerprint density at radius 3 is 3.10 bits per heavy atom. The molecule has 0 fully saturated rings. The van der Waals surface area contributed by atoms with Gasteiger partial charge in [-0.1, -0.05) is 31.2 Å². The summed E-state index contributed by atoms with van der Waals surface area (Å²) in [6.07, 6.45) is 8.84. The van der Waals surface area contributed by atoms with E-state index >= 15 is 0 Å². The van der Waals surface area contributed by atoms with Crippen molar-refractivity contribution >= 4 is 0 Å². The van der Waals surface area contributed by atoms with E-state index in [1.54, 1.807) is 0 Å². The summed E-state index contributed by atoms with van der Waals surface area (Å²) < 4.78 is 1.92. The smallest absolute Gasteiger partial charge is 0.0826 e. The van der Waals surface area contributed by atoms with Crippen molar-refractivity contribution in [2.24, 2.45) is 0 Å². The van der Waals surface area contributed by atoms with E-state index < -0.39 is 6.10 Å². The molecule has 0 spiro atoms. The van der Waals surface area contributed by atoms with Gasteiger partial charge in [-0.3, -0.25) is 4.68 Å². The van der Waals surface area contributed by atoms with Crippen molar-refractivity contribution in [1.29, 1.82) is 0 Å². The van der Waals surface area contributed by atoms with Gasteiger partial charge in [-0.05, 0) is 49.1 Å². The van der Waals surface area contributed by atoms with Crippen molar-refractivity contribution in [3.05, 3.63) is 53.3 Å². The molecule has 1 aromatic carbocycles. The van der Waals surface area contributed by atoms with Crippen LogP contribution in [0.15, 0.2) is 36.7 Å².